The Morgan fingerprint density at radius 2 is 1.67 bits per heavy atom. The van der Waals surface area contributed by atoms with Crippen molar-refractivity contribution in [2.75, 3.05) is 6.61 Å². The molecular formula is C16H30O2. The van der Waals surface area contributed by atoms with Gasteiger partial charge < -0.3 is 4.74 Å². The van der Waals surface area contributed by atoms with Crippen LogP contribution in [0.4, 0.5) is 0 Å². The van der Waals surface area contributed by atoms with Crippen molar-refractivity contribution in [3.8, 4) is 0 Å². The summed E-state index contributed by atoms with van der Waals surface area (Å²) in [5, 5.41) is 0. The van der Waals surface area contributed by atoms with E-state index >= 15 is 0 Å². The molecule has 0 aliphatic rings. The summed E-state index contributed by atoms with van der Waals surface area (Å²) in [6, 6.07) is 0. The first-order valence-electron chi connectivity index (χ1n) is 6.88. The Labute approximate surface area is 113 Å². The van der Waals surface area contributed by atoms with Gasteiger partial charge in [-0.1, -0.05) is 60.6 Å². The Morgan fingerprint density at radius 1 is 1.11 bits per heavy atom. The average Bonchev–Trinajstić information content (AvgIpc) is 2.20. The van der Waals surface area contributed by atoms with Crippen LogP contribution < -0.4 is 0 Å². The van der Waals surface area contributed by atoms with E-state index < -0.39 is 0 Å². The van der Waals surface area contributed by atoms with Crippen LogP contribution in [0.5, 0.6) is 0 Å². The van der Waals surface area contributed by atoms with E-state index in [-0.39, 0.29) is 16.8 Å². The number of hydrogen-bond donors (Lipinski definition) is 0. The maximum Gasteiger partial charge on any atom is 0.305 e. The molecule has 0 aliphatic carbocycles. The quantitative estimate of drug-likeness (QED) is 0.511. The third-order valence-corrected chi connectivity index (χ3v) is 2.59. The zero-order chi connectivity index (χ0) is 14.4. The minimum Gasteiger partial charge on any atom is -0.465 e. The van der Waals surface area contributed by atoms with Gasteiger partial charge in [-0.25, -0.2) is 0 Å². The van der Waals surface area contributed by atoms with Gasteiger partial charge in [-0.05, 0) is 23.2 Å². The van der Waals surface area contributed by atoms with Gasteiger partial charge in [-0.15, -0.1) is 0 Å². The molecule has 0 atom stereocenters. The first-order chi connectivity index (χ1) is 8.02. The predicted octanol–water partition coefficient (Wildman–Crippen LogP) is 4.59. The van der Waals surface area contributed by atoms with Gasteiger partial charge in [0.2, 0.25) is 0 Å². The number of carbonyl (C=O) groups is 1. The third-order valence-electron chi connectivity index (χ3n) is 2.59. The predicted molar refractivity (Wildman–Crippen MR) is 77.4 cm³/mol. The summed E-state index contributed by atoms with van der Waals surface area (Å²) in [5.74, 6) is 0.323. The Bertz CT molecular complexity index is 280. The highest BCUT2D eigenvalue weighted by atomic mass is 16.5. The van der Waals surface area contributed by atoms with Crippen molar-refractivity contribution in [2.45, 2.75) is 61.3 Å². The number of rotatable bonds is 6. The lowest BCUT2D eigenvalue weighted by molar-refractivity contribution is -0.145. The van der Waals surface area contributed by atoms with Gasteiger partial charge in [0.15, 0.2) is 0 Å². The fraction of sp³-hybridized carbons (Fsp3) is 0.812. The third kappa shape index (κ3) is 10.4. The van der Waals surface area contributed by atoms with Crippen LogP contribution in [0.1, 0.15) is 61.3 Å². The summed E-state index contributed by atoms with van der Waals surface area (Å²) in [4.78, 5) is 11.5. The molecule has 0 aromatic rings. The van der Waals surface area contributed by atoms with Crippen molar-refractivity contribution in [1.82, 2.24) is 0 Å². The molecule has 0 aromatic heterocycles. The lowest BCUT2D eigenvalue weighted by atomic mass is 9.84. The second-order valence-corrected chi connectivity index (χ2v) is 7.26. The van der Waals surface area contributed by atoms with Gasteiger partial charge >= 0.3 is 5.97 Å². The summed E-state index contributed by atoms with van der Waals surface area (Å²) < 4.78 is 5.18. The van der Waals surface area contributed by atoms with Crippen molar-refractivity contribution < 1.29 is 9.53 Å². The molecule has 18 heavy (non-hydrogen) atoms. The zero-order valence-corrected chi connectivity index (χ0v) is 13.2. The van der Waals surface area contributed by atoms with Crippen molar-refractivity contribution >= 4 is 5.97 Å². The van der Waals surface area contributed by atoms with Crippen LogP contribution in [0.25, 0.3) is 0 Å². The van der Waals surface area contributed by atoms with Crippen LogP contribution >= 0.6 is 0 Å². The van der Waals surface area contributed by atoms with Crippen molar-refractivity contribution in [1.29, 1.82) is 0 Å². The van der Waals surface area contributed by atoms with Crippen molar-refractivity contribution in [3.05, 3.63) is 12.2 Å². The van der Waals surface area contributed by atoms with Gasteiger partial charge in [0.05, 0.1) is 6.61 Å². The summed E-state index contributed by atoms with van der Waals surface area (Å²) in [7, 11) is 0. The Kier molecular flexibility index (Phi) is 6.66. The van der Waals surface area contributed by atoms with E-state index in [9.17, 15) is 4.79 Å². The lowest BCUT2D eigenvalue weighted by Crippen LogP contribution is -2.15. The van der Waals surface area contributed by atoms with Gasteiger partial charge in [-0.3, -0.25) is 4.79 Å². The molecule has 0 spiro atoms. The van der Waals surface area contributed by atoms with Gasteiger partial charge in [0.1, 0.15) is 0 Å². The van der Waals surface area contributed by atoms with Crippen LogP contribution in [-0.4, -0.2) is 12.6 Å². The van der Waals surface area contributed by atoms with E-state index in [0.717, 1.165) is 6.42 Å². The fourth-order valence-electron chi connectivity index (χ4n) is 1.31. The molecule has 0 radical (unpaired) electrons. The number of allylic oxidation sites excluding steroid dienone is 2. The second-order valence-electron chi connectivity index (χ2n) is 7.26. The highest BCUT2D eigenvalue weighted by Gasteiger charge is 2.18. The maximum absolute atomic E-state index is 11.5. The first kappa shape index (κ1) is 17.2. The number of hydrogen-bond acceptors (Lipinski definition) is 2. The molecule has 106 valence electrons. The molecule has 0 fully saturated rings. The molecule has 2 heteroatoms. The van der Waals surface area contributed by atoms with Gasteiger partial charge in [0, 0.05) is 6.42 Å². The molecule has 0 N–H and O–H groups in total. The molecule has 0 unspecified atom stereocenters. The Balaban J connectivity index is 4.11. The highest BCUT2D eigenvalue weighted by molar-refractivity contribution is 5.69. The molecule has 2 nitrogen and oxygen atoms in total. The summed E-state index contributed by atoms with van der Waals surface area (Å²) >= 11 is 0. The van der Waals surface area contributed by atoms with Crippen LogP contribution in [0.3, 0.4) is 0 Å². The van der Waals surface area contributed by atoms with E-state index in [1.54, 1.807) is 0 Å². The summed E-state index contributed by atoms with van der Waals surface area (Å²) in [6.45, 7) is 15.5. The number of ether oxygens (including phenoxy) is 1. The fourth-order valence-corrected chi connectivity index (χ4v) is 1.31. The van der Waals surface area contributed by atoms with E-state index in [1.807, 2.05) is 13.8 Å². The second kappa shape index (κ2) is 6.96. The topological polar surface area (TPSA) is 26.3 Å². The first-order valence-corrected chi connectivity index (χ1v) is 6.88. The maximum atomic E-state index is 11.5. The van der Waals surface area contributed by atoms with Crippen LogP contribution in [0.2, 0.25) is 0 Å². The number of carbonyl (C=O) groups excluding carboxylic acids is 1. The van der Waals surface area contributed by atoms with Crippen LogP contribution in [0.15, 0.2) is 12.2 Å². The molecule has 0 amide bonds. The summed E-state index contributed by atoms with van der Waals surface area (Å²) in [5.41, 5.74) is 0.236. The monoisotopic (exact) mass is 254 g/mol. The molecule has 0 heterocycles. The van der Waals surface area contributed by atoms with E-state index in [4.69, 9.17) is 4.74 Å². The minimum absolute atomic E-state index is 0.0458. The lowest BCUT2D eigenvalue weighted by Gasteiger charge is -2.22. The van der Waals surface area contributed by atoms with Gasteiger partial charge in [-0.2, -0.15) is 0 Å². The summed E-state index contributed by atoms with van der Waals surface area (Å²) in [6.07, 6.45) is 5.75. The molecular weight excluding hydrogens is 224 g/mol. The molecule has 0 saturated carbocycles. The SMILES string of the molecule is CC(C)COC(=O)CCC(C)(C)/C=C\C(C)(C)C. The molecule has 0 saturated heterocycles. The standard InChI is InChI=1S/C16H30O2/c1-13(2)12-18-14(17)8-9-16(6,7)11-10-15(3,4)5/h10-11,13H,8-9,12H2,1-7H3/b11-10-. The van der Waals surface area contributed by atoms with Crippen LogP contribution in [-0.2, 0) is 9.53 Å². The number of esters is 1. The minimum atomic E-state index is -0.0825. The molecule has 0 bridgehead atoms. The van der Waals surface area contributed by atoms with Gasteiger partial charge in [0.25, 0.3) is 0 Å². The van der Waals surface area contributed by atoms with E-state index in [1.165, 1.54) is 0 Å². The van der Waals surface area contributed by atoms with Crippen molar-refractivity contribution in [3.63, 3.8) is 0 Å². The molecule has 0 aromatic carbocycles. The molecule has 0 rings (SSSR count). The van der Waals surface area contributed by atoms with E-state index in [0.29, 0.717) is 18.9 Å². The highest BCUT2D eigenvalue weighted by Crippen LogP contribution is 2.27. The Morgan fingerprint density at radius 3 is 2.11 bits per heavy atom. The molecule has 0 aliphatic heterocycles. The normalized spacial score (nSPS) is 13.3. The van der Waals surface area contributed by atoms with E-state index in [2.05, 4.69) is 46.8 Å². The van der Waals surface area contributed by atoms with Crippen LogP contribution in [0, 0.1) is 16.7 Å². The average molecular weight is 254 g/mol. The van der Waals surface area contributed by atoms with Crippen molar-refractivity contribution in [2.24, 2.45) is 16.7 Å². The zero-order valence-electron chi connectivity index (χ0n) is 13.2. The largest absolute Gasteiger partial charge is 0.465 e. The Hall–Kier alpha value is -0.790. The smallest absolute Gasteiger partial charge is 0.305 e.